The highest BCUT2D eigenvalue weighted by Crippen LogP contribution is 2.50. The van der Waals surface area contributed by atoms with Crippen molar-refractivity contribution in [1.29, 1.82) is 0 Å². The number of ether oxygens (including phenoxy) is 3. The lowest BCUT2D eigenvalue weighted by molar-refractivity contribution is -0.147. The average molecular weight is 662 g/mol. The van der Waals surface area contributed by atoms with Gasteiger partial charge < -0.3 is 18.8 Å². The fourth-order valence-corrected chi connectivity index (χ4v) is 10.2. The summed E-state index contributed by atoms with van der Waals surface area (Å²) in [6.07, 6.45) is 9.00. The molecule has 2 aromatic carbocycles. The van der Waals surface area contributed by atoms with Crippen molar-refractivity contribution in [2.45, 2.75) is 94.6 Å². The molecule has 1 spiro atoms. The van der Waals surface area contributed by atoms with Crippen molar-refractivity contribution in [2.75, 3.05) is 27.1 Å². The van der Waals surface area contributed by atoms with Crippen LogP contribution < -0.4 is 9.46 Å². The first-order chi connectivity index (χ1) is 22.6. The Balaban J connectivity index is 1.30. The second-order valence-electron chi connectivity index (χ2n) is 14.5. The number of rotatable bonds is 6. The molecule has 2 amide bonds. The minimum atomic E-state index is -3.78. The molecule has 4 heterocycles. The summed E-state index contributed by atoms with van der Waals surface area (Å²) < 4.78 is 48.0. The normalized spacial score (nSPS) is 26.3. The first-order valence-corrected chi connectivity index (χ1v) is 18.6. The molecule has 5 aliphatic rings. The van der Waals surface area contributed by atoms with E-state index in [0.717, 1.165) is 72.0 Å². The molecule has 1 aromatic heterocycles. The first-order valence-electron chi connectivity index (χ1n) is 17.1. The van der Waals surface area contributed by atoms with Gasteiger partial charge in [-0.1, -0.05) is 38.2 Å². The number of carbonyl (C=O) groups is 2. The Bertz CT molecular complexity index is 1870. The molecular weight excluding hydrogens is 618 g/mol. The number of hydrogen-bond donors (Lipinski definition) is 1. The van der Waals surface area contributed by atoms with Crippen LogP contribution in [-0.2, 0) is 37.3 Å². The number of fused-ring (bicyclic) bond motifs is 5. The molecule has 2 atom stereocenters. The fourth-order valence-electron chi connectivity index (χ4n) is 8.67. The monoisotopic (exact) mass is 661 g/mol. The molecule has 2 aliphatic carbocycles. The largest absolute Gasteiger partial charge is 0.497 e. The van der Waals surface area contributed by atoms with E-state index < -0.39 is 32.3 Å². The van der Waals surface area contributed by atoms with Gasteiger partial charge >= 0.3 is 0 Å². The number of amides is 2. The van der Waals surface area contributed by atoms with Gasteiger partial charge in [-0.15, -0.1) is 0 Å². The number of methoxy groups -OCH3 is 1. The third-order valence-corrected chi connectivity index (χ3v) is 13.1. The van der Waals surface area contributed by atoms with Gasteiger partial charge in [0, 0.05) is 28.6 Å². The Morgan fingerprint density at radius 1 is 0.979 bits per heavy atom. The molecule has 11 heteroatoms. The van der Waals surface area contributed by atoms with E-state index in [1.54, 1.807) is 18.1 Å². The molecule has 0 bridgehead atoms. The van der Waals surface area contributed by atoms with E-state index in [4.69, 9.17) is 14.2 Å². The zero-order valence-electron chi connectivity index (χ0n) is 27.2. The molecule has 4 fully saturated rings. The lowest BCUT2D eigenvalue weighted by Gasteiger charge is -2.33. The highest BCUT2D eigenvalue weighted by molar-refractivity contribution is 7.90. The van der Waals surface area contributed by atoms with E-state index in [1.165, 1.54) is 12.0 Å². The van der Waals surface area contributed by atoms with E-state index in [0.29, 0.717) is 50.5 Å². The summed E-state index contributed by atoms with van der Waals surface area (Å²) in [7, 11) is -2.12. The van der Waals surface area contributed by atoms with Gasteiger partial charge in [-0.3, -0.25) is 14.5 Å². The molecule has 3 aromatic rings. The SMILES string of the molecule is COc1ccc2c(c1)CC(C)(C(=O)N1COCC13CO3)Cn1c-2c(C2CCCCC2)c2ccc(C(=O)NS(=O)(=O)C3CCCC3)cc21. The van der Waals surface area contributed by atoms with Crippen LogP contribution in [0.25, 0.3) is 22.2 Å². The number of sulfonamides is 1. The van der Waals surface area contributed by atoms with E-state index in [-0.39, 0.29) is 12.6 Å². The number of aromatic nitrogens is 1. The Labute approximate surface area is 275 Å². The molecule has 47 heavy (non-hydrogen) atoms. The van der Waals surface area contributed by atoms with Gasteiger partial charge in [0.1, 0.15) is 19.1 Å². The second kappa shape index (κ2) is 11.3. The number of benzene rings is 2. The summed E-state index contributed by atoms with van der Waals surface area (Å²) in [5.74, 6) is 0.409. The topological polar surface area (TPSA) is 119 Å². The molecule has 8 rings (SSSR count). The molecule has 1 N–H and O–H groups in total. The maximum atomic E-state index is 14.6. The molecule has 10 nitrogen and oxygen atoms in total. The Kier molecular flexibility index (Phi) is 7.46. The molecule has 2 saturated heterocycles. The summed E-state index contributed by atoms with van der Waals surface area (Å²) in [6, 6.07) is 11.7. The Morgan fingerprint density at radius 3 is 2.45 bits per heavy atom. The van der Waals surface area contributed by atoms with Crippen LogP contribution in [0.3, 0.4) is 0 Å². The molecule has 250 valence electrons. The van der Waals surface area contributed by atoms with Crippen LogP contribution in [0.2, 0.25) is 0 Å². The van der Waals surface area contributed by atoms with E-state index in [2.05, 4.69) is 21.4 Å². The predicted molar refractivity (Wildman–Crippen MR) is 177 cm³/mol. The van der Waals surface area contributed by atoms with Crippen molar-refractivity contribution in [3.63, 3.8) is 0 Å². The van der Waals surface area contributed by atoms with Crippen LogP contribution in [0.15, 0.2) is 36.4 Å². The molecule has 0 radical (unpaired) electrons. The van der Waals surface area contributed by atoms with E-state index in [9.17, 15) is 18.0 Å². The van der Waals surface area contributed by atoms with Gasteiger partial charge in [-0.05, 0) is 86.4 Å². The van der Waals surface area contributed by atoms with Gasteiger partial charge in [0.05, 0.1) is 30.1 Å². The minimum absolute atomic E-state index is 0.0354. The van der Waals surface area contributed by atoms with Crippen LogP contribution in [0.5, 0.6) is 5.75 Å². The summed E-state index contributed by atoms with van der Waals surface area (Å²) in [5.41, 5.74) is 3.98. The van der Waals surface area contributed by atoms with Gasteiger partial charge in [-0.2, -0.15) is 0 Å². The Morgan fingerprint density at radius 2 is 1.72 bits per heavy atom. The van der Waals surface area contributed by atoms with Crippen LogP contribution in [0, 0.1) is 5.41 Å². The maximum Gasteiger partial charge on any atom is 0.264 e. The number of carbonyl (C=O) groups excluding carboxylic acids is 2. The van der Waals surface area contributed by atoms with Crippen molar-refractivity contribution in [2.24, 2.45) is 5.41 Å². The second-order valence-corrected chi connectivity index (χ2v) is 16.5. The van der Waals surface area contributed by atoms with Gasteiger partial charge in [0.2, 0.25) is 15.9 Å². The highest BCUT2D eigenvalue weighted by atomic mass is 32.2. The van der Waals surface area contributed by atoms with Gasteiger partial charge in [-0.25, -0.2) is 13.1 Å². The predicted octanol–water partition coefficient (Wildman–Crippen LogP) is 5.47. The number of nitrogens with zero attached hydrogens (tertiary/aromatic N) is 2. The smallest absolute Gasteiger partial charge is 0.264 e. The molecule has 3 aliphatic heterocycles. The van der Waals surface area contributed by atoms with Crippen molar-refractivity contribution >= 4 is 32.7 Å². The summed E-state index contributed by atoms with van der Waals surface area (Å²) in [5, 5.41) is 0.512. The molecular formula is C36H43N3O7S. The van der Waals surface area contributed by atoms with Gasteiger partial charge in [0.25, 0.3) is 5.91 Å². The highest BCUT2D eigenvalue weighted by Gasteiger charge is 2.59. The zero-order chi connectivity index (χ0) is 32.6. The van der Waals surface area contributed by atoms with Crippen molar-refractivity contribution in [3.05, 3.63) is 53.1 Å². The van der Waals surface area contributed by atoms with Crippen molar-refractivity contribution in [1.82, 2.24) is 14.2 Å². The zero-order valence-corrected chi connectivity index (χ0v) is 28.0. The van der Waals surface area contributed by atoms with Crippen molar-refractivity contribution in [3.8, 4) is 17.0 Å². The number of nitrogens with one attached hydrogen (secondary N) is 1. The molecule has 2 saturated carbocycles. The van der Waals surface area contributed by atoms with Crippen molar-refractivity contribution < 1.29 is 32.2 Å². The lowest BCUT2D eigenvalue weighted by Crippen LogP contribution is -2.49. The lowest BCUT2D eigenvalue weighted by atomic mass is 9.79. The fraction of sp³-hybridized carbons (Fsp3) is 0.556. The van der Waals surface area contributed by atoms with Crippen LogP contribution in [0.1, 0.15) is 92.1 Å². The summed E-state index contributed by atoms with van der Waals surface area (Å²) in [4.78, 5) is 29.9. The maximum absolute atomic E-state index is 14.6. The first kappa shape index (κ1) is 30.9. The molecule has 2 unspecified atom stereocenters. The summed E-state index contributed by atoms with van der Waals surface area (Å²) in [6.45, 7) is 3.40. The van der Waals surface area contributed by atoms with E-state index >= 15 is 0 Å². The average Bonchev–Trinajstić information content (AvgIpc) is 3.37. The summed E-state index contributed by atoms with van der Waals surface area (Å²) >= 11 is 0. The van der Waals surface area contributed by atoms with E-state index in [1.807, 2.05) is 25.1 Å². The number of hydrogen-bond acceptors (Lipinski definition) is 7. The number of epoxide rings is 1. The van der Waals surface area contributed by atoms with Crippen LogP contribution in [0.4, 0.5) is 0 Å². The minimum Gasteiger partial charge on any atom is -0.497 e. The third-order valence-electron chi connectivity index (χ3n) is 11.3. The quantitative estimate of drug-likeness (QED) is 0.348. The van der Waals surface area contributed by atoms with Crippen LogP contribution >= 0.6 is 0 Å². The standard InChI is InChI=1S/C36H43N3O7S/c1-35(34(41)39-22-45-20-36(39)21-46-36)18-25-16-26(44-2)13-15-28(25)32-31(23-8-4-3-5-9-23)29-14-12-24(17-30(29)38(32)19-35)33(40)37-47(42,43)27-10-6-7-11-27/h12-17,23,27H,3-11,18-22H2,1-2H3,(H,37,40). The van der Waals surface area contributed by atoms with Crippen LogP contribution in [-0.4, -0.2) is 67.7 Å². The van der Waals surface area contributed by atoms with Gasteiger partial charge in [0.15, 0.2) is 5.72 Å². The Hall–Kier alpha value is -3.41. The third kappa shape index (κ3) is 5.16.